The molecule has 9 heteroatoms. The van der Waals surface area contributed by atoms with Crippen molar-refractivity contribution in [3.8, 4) is 11.1 Å². The number of nitrogens with one attached hydrogen (secondary N) is 1. The molecule has 0 aromatic heterocycles. The van der Waals surface area contributed by atoms with Crippen molar-refractivity contribution >= 4 is 29.8 Å². The Kier molecular flexibility index (Phi) is 6.90. The minimum atomic E-state index is -1.07. The number of hydrogen-bond acceptors (Lipinski definition) is 5. The number of anilines is 1. The van der Waals surface area contributed by atoms with Gasteiger partial charge in [-0.25, -0.2) is 9.18 Å². The molecule has 1 saturated heterocycles. The van der Waals surface area contributed by atoms with Crippen molar-refractivity contribution in [1.82, 2.24) is 10.3 Å². The van der Waals surface area contributed by atoms with Gasteiger partial charge in [-0.2, -0.15) is 5.10 Å². The second kappa shape index (κ2) is 10.0. The molecule has 1 aliphatic heterocycles. The van der Waals surface area contributed by atoms with Crippen LogP contribution in [0.15, 0.2) is 47.6 Å². The van der Waals surface area contributed by atoms with E-state index in [0.717, 1.165) is 19.3 Å². The maximum absolute atomic E-state index is 15.2. The van der Waals surface area contributed by atoms with E-state index in [1.54, 1.807) is 25.2 Å². The maximum atomic E-state index is 15.2. The number of aromatic carboxylic acids is 1. The molecule has 0 radical (unpaired) electrons. The zero-order chi connectivity index (χ0) is 24.2. The van der Waals surface area contributed by atoms with Crippen LogP contribution in [0.25, 0.3) is 11.1 Å². The molecule has 2 aliphatic rings. The first-order chi connectivity index (χ1) is 16.4. The van der Waals surface area contributed by atoms with E-state index in [0.29, 0.717) is 42.9 Å². The van der Waals surface area contributed by atoms with Gasteiger partial charge in [0.1, 0.15) is 11.7 Å². The van der Waals surface area contributed by atoms with E-state index in [-0.39, 0.29) is 29.0 Å². The van der Waals surface area contributed by atoms with E-state index in [2.05, 4.69) is 10.5 Å². The zero-order valence-corrected chi connectivity index (χ0v) is 18.9. The van der Waals surface area contributed by atoms with Crippen LogP contribution in [-0.4, -0.2) is 54.3 Å². The number of halogens is 1. The number of amidine groups is 1. The second-order valence-corrected chi connectivity index (χ2v) is 8.70. The van der Waals surface area contributed by atoms with Crippen LogP contribution in [0.4, 0.5) is 10.1 Å². The number of carboxylic acids is 1. The van der Waals surface area contributed by atoms with Gasteiger partial charge in [0, 0.05) is 32.5 Å². The highest BCUT2D eigenvalue weighted by atomic mass is 19.1. The molecule has 1 unspecified atom stereocenters. The number of hydrazone groups is 1. The van der Waals surface area contributed by atoms with E-state index in [4.69, 9.17) is 0 Å². The van der Waals surface area contributed by atoms with Crippen LogP contribution in [0.2, 0.25) is 0 Å². The Morgan fingerprint density at radius 1 is 1.21 bits per heavy atom. The lowest BCUT2D eigenvalue weighted by atomic mass is 10.0. The first kappa shape index (κ1) is 23.4. The molecule has 0 bridgehead atoms. The molecule has 1 saturated carbocycles. The third-order valence-corrected chi connectivity index (χ3v) is 6.27. The van der Waals surface area contributed by atoms with Gasteiger partial charge in [-0.15, -0.1) is 0 Å². The number of carbonyl (C=O) groups is 3. The van der Waals surface area contributed by atoms with Crippen LogP contribution in [0.3, 0.4) is 0 Å². The third-order valence-electron chi connectivity index (χ3n) is 6.27. The van der Waals surface area contributed by atoms with Gasteiger partial charge >= 0.3 is 5.97 Å². The maximum Gasteiger partial charge on any atom is 0.335 e. The number of nitrogens with zero attached hydrogens (tertiary/aromatic N) is 3. The lowest BCUT2D eigenvalue weighted by Crippen LogP contribution is -2.34. The molecule has 1 atom stereocenters. The average Bonchev–Trinajstić information content (AvgIpc) is 3.58. The predicted octanol–water partition coefficient (Wildman–Crippen LogP) is 3.34. The minimum absolute atomic E-state index is 0.0473. The number of carbonyl (C=O) groups excluding carboxylic acids is 2. The second-order valence-electron chi connectivity index (χ2n) is 8.70. The topological polar surface area (TPSA) is 102 Å². The lowest BCUT2D eigenvalue weighted by Gasteiger charge is -2.23. The van der Waals surface area contributed by atoms with Gasteiger partial charge in [0.05, 0.1) is 11.3 Å². The smallest absolute Gasteiger partial charge is 0.335 e. The fourth-order valence-corrected chi connectivity index (χ4v) is 4.34. The molecule has 2 amide bonds. The van der Waals surface area contributed by atoms with Gasteiger partial charge in [-0.3, -0.25) is 14.5 Å². The van der Waals surface area contributed by atoms with Crippen molar-refractivity contribution in [1.29, 1.82) is 0 Å². The van der Waals surface area contributed by atoms with Crippen molar-refractivity contribution < 1.29 is 23.9 Å². The Labute approximate surface area is 197 Å². The van der Waals surface area contributed by atoms with Crippen molar-refractivity contribution in [3.05, 3.63) is 53.8 Å². The van der Waals surface area contributed by atoms with Gasteiger partial charge in [-0.1, -0.05) is 18.2 Å². The molecule has 8 nitrogen and oxygen atoms in total. The summed E-state index contributed by atoms with van der Waals surface area (Å²) < 4.78 is 15.2. The van der Waals surface area contributed by atoms with Crippen LogP contribution in [0.1, 0.15) is 36.0 Å². The predicted molar refractivity (Wildman–Crippen MR) is 126 cm³/mol. The van der Waals surface area contributed by atoms with Gasteiger partial charge < -0.3 is 15.4 Å². The number of carboxylic acid groups (broad SMARTS) is 1. The fraction of sp³-hybridized carbons (Fsp3) is 0.360. The van der Waals surface area contributed by atoms with Crippen LogP contribution >= 0.6 is 0 Å². The largest absolute Gasteiger partial charge is 0.478 e. The Morgan fingerprint density at radius 2 is 1.97 bits per heavy atom. The highest BCUT2D eigenvalue weighted by molar-refractivity contribution is 6.10. The average molecular weight is 467 g/mol. The number of amides is 2. The van der Waals surface area contributed by atoms with Gasteiger partial charge in [-0.05, 0) is 60.6 Å². The van der Waals surface area contributed by atoms with E-state index in [9.17, 15) is 19.5 Å². The molecular formula is C25H27FN4O4. The summed E-state index contributed by atoms with van der Waals surface area (Å²) in [6.45, 7) is 1.29. The lowest BCUT2D eigenvalue weighted by molar-refractivity contribution is -0.131. The Balaban J connectivity index is 1.53. The highest BCUT2D eigenvalue weighted by Gasteiger charge is 2.37. The van der Waals surface area contributed by atoms with Gasteiger partial charge in [0.25, 0.3) is 0 Å². The van der Waals surface area contributed by atoms with Gasteiger partial charge in [0.15, 0.2) is 0 Å². The first-order valence-electron chi connectivity index (χ1n) is 11.3. The van der Waals surface area contributed by atoms with Crippen molar-refractivity contribution in [2.24, 2.45) is 16.9 Å². The molecule has 178 valence electrons. The van der Waals surface area contributed by atoms with Gasteiger partial charge in [0.2, 0.25) is 12.3 Å². The molecule has 2 aromatic carbocycles. The summed E-state index contributed by atoms with van der Waals surface area (Å²) in [5.41, 5.74) is 3.89. The first-order valence-corrected chi connectivity index (χ1v) is 11.3. The number of benzene rings is 2. The SMILES string of the molecule is CN/N=C(/CC1CCN(C(=O)C2CC2)C1)N(C=O)c1ccc(-c2cccc(C(=O)O)c2)cc1F. The monoisotopic (exact) mass is 466 g/mol. The minimum Gasteiger partial charge on any atom is -0.478 e. The molecule has 34 heavy (non-hydrogen) atoms. The van der Waals surface area contributed by atoms with E-state index in [1.165, 1.54) is 29.2 Å². The third kappa shape index (κ3) is 5.08. The fourth-order valence-electron chi connectivity index (χ4n) is 4.34. The molecule has 2 fully saturated rings. The van der Waals surface area contributed by atoms with Crippen molar-refractivity contribution in [2.75, 3.05) is 25.0 Å². The number of rotatable bonds is 8. The summed E-state index contributed by atoms with van der Waals surface area (Å²) in [6.07, 6.45) is 3.66. The van der Waals surface area contributed by atoms with Crippen molar-refractivity contribution in [2.45, 2.75) is 25.7 Å². The normalized spacial score (nSPS) is 18.0. The molecule has 1 heterocycles. The summed E-state index contributed by atoms with van der Waals surface area (Å²) in [4.78, 5) is 38.7. The van der Waals surface area contributed by atoms with Crippen LogP contribution in [0, 0.1) is 17.7 Å². The molecule has 4 rings (SSSR count). The number of hydrogen-bond donors (Lipinski definition) is 2. The summed E-state index contributed by atoms with van der Waals surface area (Å²) in [6, 6.07) is 10.6. The quantitative estimate of drug-likeness (QED) is 0.269. The van der Waals surface area contributed by atoms with Crippen LogP contribution in [-0.2, 0) is 9.59 Å². The van der Waals surface area contributed by atoms with E-state index < -0.39 is 11.8 Å². The standard InChI is InChI=1S/C25H27FN4O4/c1-27-28-23(11-16-9-10-29(14-16)24(32)17-5-6-17)30(15-31)22-8-7-19(13-21(22)26)18-3-2-4-20(12-18)25(33)34/h2-4,7-8,12-13,15-17,27H,5-6,9-11,14H2,1H3,(H,33,34)/b28-23-. The zero-order valence-electron chi connectivity index (χ0n) is 18.9. The Hall–Kier alpha value is -3.75. The molecule has 0 spiro atoms. The molecule has 2 N–H and O–H groups in total. The summed E-state index contributed by atoms with van der Waals surface area (Å²) >= 11 is 0. The van der Waals surface area contributed by atoms with E-state index >= 15 is 4.39 Å². The van der Waals surface area contributed by atoms with Crippen LogP contribution < -0.4 is 10.3 Å². The Bertz CT molecular complexity index is 1130. The summed E-state index contributed by atoms with van der Waals surface area (Å²) in [7, 11) is 1.61. The Morgan fingerprint density at radius 3 is 2.62 bits per heavy atom. The summed E-state index contributed by atoms with van der Waals surface area (Å²) in [5, 5.41) is 13.4. The number of likely N-dealkylation sites (tertiary alicyclic amines) is 1. The molecule has 2 aromatic rings. The summed E-state index contributed by atoms with van der Waals surface area (Å²) in [5.74, 6) is -0.842. The van der Waals surface area contributed by atoms with E-state index in [1.807, 2.05) is 4.90 Å². The van der Waals surface area contributed by atoms with Crippen molar-refractivity contribution in [3.63, 3.8) is 0 Å². The molecule has 1 aliphatic carbocycles. The van der Waals surface area contributed by atoms with Crippen LogP contribution in [0.5, 0.6) is 0 Å². The molecular weight excluding hydrogens is 439 g/mol. The highest BCUT2D eigenvalue weighted by Crippen LogP contribution is 2.34.